The molecular weight excluding hydrogens is 407 g/mol. The third-order valence-corrected chi connectivity index (χ3v) is 5.70. The van der Waals surface area contributed by atoms with Crippen molar-refractivity contribution in [3.8, 4) is 0 Å². The quantitative estimate of drug-likeness (QED) is 0.503. The first-order valence-electron chi connectivity index (χ1n) is 11.1. The normalized spacial score (nSPS) is 22.5. The number of benzene rings is 1. The monoisotopic (exact) mass is 441 g/mol. The Morgan fingerprint density at radius 3 is 2.71 bits per heavy atom. The molecule has 2 fully saturated rings. The molecule has 0 amide bonds. The predicted octanol–water partition coefficient (Wildman–Crippen LogP) is 2.56. The molecule has 31 heavy (non-hydrogen) atoms. The summed E-state index contributed by atoms with van der Waals surface area (Å²) in [5, 5.41) is 6.59. The van der Waals surface area contributed by atoms with E-state index in [0.717, 1.165) is 13.1 Å². The van der Waals surface area contributed by atoms with E-state index >= 15 is 0 Å². The minimum atomic E-state index is -4.16. The Bertz CT molecular complexity index is 721. The van der Waals surface area contributed by atoms with Gasteiger partial charge < -0.3 is 15.4 Å². The first kappa shape index (κ1) is 23.8. The van der Waals surface area contributed by atoms with Crippen molar-refractivity contribution in [2.75, 3.05) is 59.0 Å². The molecule has 6 nitrogen and oxygen atoms in total. The van der Waals surface area contributed by atoms with Gasteiger partial charge in [0.05, 0.1) is 32.3 Å². The zero-order chi connectivity index (χ0) is 22.3. The van der Waals surface area contributed by atoms with Crippen molar-refractivity contribution < 1.29 is 17.9 Å². The Labute approximate surface area is 182 Å². The van der Waals surface area contributed by atoms with E-state index in [9.17, 15) is 13.2 Å². The summed E-state index contributed by atoms with van der Waals surface area (Å²) in [6.07, 6.45) is -3.49. The van der Waals surface area contributed by atoms with Crippen LogP contribution in [-0.2, 0) is 4.74 Å². The van der Waals surface area contributed by atoms with Crippen LogP contribution >= 0.6 is 0 Å². The summed E-state index contributed by atoms with van der Waals surface area (Å²) in [5.41, 5.74) is 2.43. The maximum atomic E-state index is 12.7. The Hall–Kier alpha value is -1.84. The van der Waals surface area contributed by atoms with E-state index in [2.05, 4.69) is 46.7 Å². The fraction of sp³-hybridized carbons (Fsp3) is 0.682. The standard InChI is InChI=1S/C22H34F3N5O/c1-3-26-21(28-19-7-8-29(15-19)16-22(23,24)25)27-14-20(30-9-11-31-12-10-30)18-6-4-5-17(2)13-18/h4-6,13,19-20H,3,7-12,14-16H2,1-2H3,(H2,26,27,28). The second kappa shape index (κ2) is 11.2. The Balaban J connectivity index is 1.67. The SMILES string of the molecule is CCNC(=NCC(c1cccc(C)c1)N1CCOCC1)NC1CCN(CC(F)(F)F)C1. The van der Waals surface area contributed by atoms with Crippen LogP contribution in [0, 0.1) is 6.92 Å². The van der Waals surface area contributed by atoms with Crippen molar-refractivity contribution in [3.63, 3.8) is 0 Å². The largest absolute Gasteiger partial charge is 0.401 e. The number of nitrogens with one attached hydrogen (secondary N) is 2. The highest BCUT2D eigenvalue weighted by Gasteiger charge is 2.34. The van der Waals surface area contributed by atoms with Gasteiger partial charge in [-0.05, 0) is 25.8 Å². The fourth-order valence-electron chi connectivity index (χ4n) is 4.24. The second-order valence-electron chi connectivity index (χ2n) is 8.28. The zero-order valence-corrected chi connectivity index (χ0v) is 18.4. The fourth-order valence-corrected chi connectivity index (χ4v) is 4.24. The Morgan fingerprint density at radius 1 is 1.26 bits per heavy atom. The topological polar surface area (TPSA) is 52.1 Å². The van der Waals surface area contributed by atoms with Crippen LogP contribution < -0.4 is 10.6 Å². The van der Waals surface area contributed by atoms with Gasteiger partial charge in [-0.15, -0.1) is 0 Å². The molecule has 2 aliphatic heterocycles. The third-order valence-electron chi connectivity index (χ3n) is 5.70. The van der Waals surface area contributed by atoms with Crippen molar-refractivity contribution in [1.29, 1.82) is 0 Å². The smallest absolute Gasteiger partial charge is 0.379 e. The van der Waals surface area contributed by atoms with E-state index in [0.29, 0.717) is 51.8 Å². The molecule has 0 saturated carbocycles. The van der Waals surface area contributed by atoms with E-state index in [4.69, 9.17) is 9.73 Å². The molecule has 3 rings (SSSR count). The minimum Gasteiger partial charge on any atom is -0.379 e. The molecule has 2 heterocycles. The highest BCUT2D eigenvalue weighted by atomic mass is 19.4. The van der Waals surface area contributed by atoms with Gasteiger partial charge >= 0.3 is 6.18 Å². The lowest BCUT2D eigenvalue weighted by atomic mass is 10.0. The van der Waals surface area contributed by atoms with E-state index < -0.39 is 12.7 Å². The van der Waals surface area contributed by atoms with Gasteiger partial charge in [-0.2, -0.15) is 13.2 Å². The summed E-state index contributed by atoms with van der Waals surface area (Å²) in [7, 11) is 0. The molecule has 2 N–H and O–H groups in total. The summed E-state index contributed by atoms with van der Waals surface area (Å²) in [6, 6.07) is 8.57. The molecule has 1 aromatic rings. The second-order valence-corrected chi connectivity index (χ2v) is 8.28. The van der Waals surface area contributed by atoms with E-state index in [-0.39, 0.29) is 12.1 Å². The van der Waals surface area contributed by atoms with Crippen molar-refractivity contribution >= 4 is 5.96 Å². The molecule has 1 aromatic carbocycles. The van der Waals surface area contributed by atoms with Gasteiger partial charge in [0.1, 0.15) is 0 Å². The lowest BCUT2D eigenvalue weighted by molar-refractivity contribution is -0.143. The summed E-state index contributed by atoms with van der Waals surface area (Å²) < 4.78 is 43.6. The number of aryl methyl sites for hydroxylation is 1. The molecule has 0 aromatic heterocycles. The lowest BCUT2D eigenvalue weighted by Crippen LogP contribution is -2.46. The zero-order valence-electron chi connectivity index (χ0n) is 18.4. The third kappa shape index (κ3) is 7.66. The van der Waals surface area contributed by atoms with Gasteiger partial charge in [-0.1, -0.05) is 29.8 Å². The van der Waals surface area contributed by atoms with Crippen molar-refractivity contribution in [2.24, 2.45) is 4.99 Å². The first-order chi connectivity index (χ1) is 14.8. The van der Waals surface area contributed by atoms with Crippen molar-refractivity contribution in [3.05, 3.63) is 35.4 Å². The average Bonchev–Trinajstić information content (AvgIpc) is 3.14. The molecule has 0 bridgehead atoms. The molecule has 9 heteroatoms. The number of guanidine groups is 1. The van der Waals surface area contributed by atoms with E-state index in [1.54, 1.807) is 0 Å². The van der Waals surface area contributed by atoms with Crippen LogP contribution in [0.25, 0.3) is 0 Å². The number of hydrogen-bond donors (Lipinski definition) is 2. The number of ether oxygens (including phenoxy) is 1. The number of halogens is 3. The Morgan fingerprint density at radius 2 is 2.03 bits per heavy atom. The van der Waals surface area contributed by atoms with E-state index in [1.165, 1.54) is 16.0 Å². The summed E-state index contributed by atoms with van der Waals surface area (Å²) in [6.45, 7) is 8.41. The molecule has 0 radical (unpaired) electrons. The number of rotatable bonds is 7. The highest BCUT2D eigenvalue weighted by Crippen LogP contribution is 2.24. The number of alkyl halides is 3. The molecule has 2 saturated heterocycles. The lowest BCUT2D eigenvalue weighted by Gasteiger charge is -2.34. The molecular formula is C22H34F3N5O. The van der Waals surface area contributed by atoms with Crippen LogP contribution in [0.15, 0.2) is 29.3 Å². The summed E-state index contributed by atoms with van der Waals surface area (Å²) in [4.78, 5) is 8.67. The molecule has 2 unspecified atom stereocenters. The van der Waals surface area contributed by atoms with Crippen molar-refractivity contribution in [1.82, 2.24) is 20.4 Å². The van der Waals surface area contributed by atoms with Gasteiger partial charge in [0.2, 0.25) is 0 Å². The van der Waals surface area contributed by atoms with Crippen LogP contribution in [0.1, 0.15) is 30.5 Å². The maximum absolute atomic E-state index is 12.7. The number of nitrogens with zero attached hydrogens (tertiary/aromatic N) is 3. The maximum Gasteiger partial charge on any atom is 0.401 e. The van der Waals surface area contributed by atoms with Gasteiger partial charge in [-0.3, -0.25) is 14.8 Å². The number of aliphatic imine (C=N–C) groups is 1. The number of likely N-dealkylation sites (tertiary alicyclic amines) is 1. The van der Waals surface area contributed by atoms with Gasteiger partial charge in [0.15, 0.2) is 5.96 Å². The molecule has 0 aliphatic carbocycles. The van der Waals surface area contributed by atoms with Crippen molar-refractivity contribution in [2.45, 2.75) is 38.5 Å². The molecule has 2 atom stereocenters. The molecule has 0 spiro atoms. The number of morpholine rings is 1. The summed E-state index contributed by atoms with van der Waals surface area (Å²) >= 11 is 0. The van der Waals surface area contributed by atoms with Crippen LogP contribution in [0.4, 0.5) is 13.2 Å². The van der Waals surface area contributed by atoms with Crippen LogP contribution in [0.2, 0.25) is 0 Å². The van der Waals surface area contributed by atoms with Crippen LogP contribution in [0.3, 0.4) is 0 Å². The molecule has 174 valence electrons. The van der Waals surface area contributed by atoms with E-state index in [1.807, 2.05) is 6.92 Å². The molecule has 2 aliphatic rings. The van der Waals surface area contributed by atoms with Gasteiger partial charge in [0.25, 0.3) is 0 Å². The van der Waals surface area contributed by atoms with Gasteiger partial charge in [-0.25, -0.2) is 0 Å². The Kier molecular flexibility index (Phi) is 8.57. The first-order valence-corrected chi connectivity index (χ1v) is 11.1. The minimum absolute atomic E-state index is 0.0408. The predicted molar refractivity (Wildman–Crippen MR) is 116 cm³/mol. The number of hydrogen-bond acceptors (Lipinski definition) is 4. The average molecular weight is 442 g/mol. The van der Waals surface area contributed by atoms with Gasteiger partial charge in [0, 0.05) is 38.8 Å². The van der Waals surface area contributed by atoms with Crippen LogP contribution in [-0.4, -0.2) is 87.0 Å². The van der Waals surface area contributed by atoms with Crippen LogP contribution in [0.5, 0.6) is 0 Å². The summed E-state index contributed by atoms with van der Waals surface area (Å²) in [5.74, 6) is 0.660. The highest BCUT2D eigenvalue weighted by molar-refractivity contribution is 5.80.